The lowest BCUT2D eigenvalue weighted by molar-refractivity contribution is -0.116. The average molecular weight is 580 g/mol. The molecule has 2 aromatic heterocycles. The molecular formula is C33H30FN5O4. The summed E-state index contributed by atoms with van der Waals surface area (Å²) in [6.45, 7) is 6.03. The van der Waals surface area contributed by atoms with Gasteiger partial charge in [0, 0.05) is 47.4 Å². The molecule has 0 saturated carbocycles. The highest BCUT2D eigenvalue weighted by atomic mass is 19.1. The summed E-state index contributed by atoms with van der Waals surface area (Å²) in [4.78, 5) is 36.0. The van der Waals surface area contributed by atoms with Gasteiger partial charge < -0.3 is 24.7 Å². The van der Waals surface area contributed by atoms with E-state index in [-0.39, 0.29) is 23.5 Å². The number of hydrogen-bond donors (Lipinski definition) is 2. The molecule has 9 nitrogen and oxygen atoms in total. The number of benzene rings is 3. The zero-order chi connectivity index (χ0) is 29.9. The van der Waals surface area contributed by atoms with Gasteiger partial charge in [-0.05, 0) is 80.1 Å². The Hall–Kier alpha value is -5.09. The van der Waals surface area contributed by atoms with Gasteiger partial charge in [-0.3, -0.25) is 4.79 Å². The Labute approximate surface area is 247 Å². The molecule has 0 bridgehead atoms. The third kappa shape index (κ3) is 6.39. The molecular weight excluding hydrogens is 549 g/mol. The van der Waals surface area contributed by atoms with Crippen LogP contribution in [0.1, 0.15) is 18.2 Å². The van der Waals surface area contributed by atoms with Crippen LogP contribution in [0.15, 0.2) is 77.2 Å². The molecule has 1 aliphatic heterocycles. The van der Waals surface area contributed by atoms with Crippen molar-refractivity contribution in [2.24, 2.45) is 0 Å². The van der Waals surface area contributed by atoms with Crippen LogP contribution in [-0.2, 0) is 16.0 Å². The highest BCUT2D eigenvalue weighted by Gasteiger charge is 2.19. The fourth-order valence-electron chi connectivity index (χ4n) is 5.03. The van der Waals surface area contributed by atoms with Gasteiger partial charge in [-0.2, -0.15) is 0 Å². The number of hydrogen-bond acceptors (Lipinski definition) is 7. The summed E-state index contributed by atoms with van der Waals surface area (Å²) in [7, 11) is 0. The van der Waals surface area contributed by atoms with Crippen LogP contribution in [0.3, 0.4) is 0 Å². The number of nitrogens with one attached hydrogen (secondary N) is 2. The topological polar surface area (TPSA) is 110 Å². The van der Waals surface area contributed by atoms with Crippen LogP contribution < -0.4 is 15.5 Å². The van der Waals surface area contributed by atoms with Crippen molar-refractivity contribution in [3.8, 4) is 22.7 Å². The number of ketones is 1. The van der Waals surface area contributed by atoms with Crippen molar-refractivity contribution in [1.29, 1.82) is 0 Å². The lowest BCUT2D eigenvalue weighted by atomic mass is 10.1. The quantitative estimate of drug-likeness (QED) is 0.223. The lowest BCUT2D eigenvalue weighted by Crippen LogP contribution is -2.37. The molecule has 0 unspecified atom stereocenters. The smallest absolute Gasteiger partial charge is 0.323 e. The maximum atomic E-state index is 14.3. The van der Waals surface area contributed by atoms with Crippen LogP contribution in [-0.4, -0.2) is 48.1 Å². The molecule has 6 rings (SSSR count). The molecule has 10 heteroatoms. The predicted molar refractivity (Wildman–Crippen MR) is 164 cm³/mol. The lowest BCUT2D eigenvalue weighted by Gasteiger charge is -2.29. The highest BCUT2D eigenvalue weighted by Crippen LogP contribution is 2.32. The van der Waals surface area contributed by atoms with E-state index in [0.29, 0.717) is 24.7 Å². The molecule has 0 spiro atoms. The maximum Gasteiger partial charge on any atom is 0.323 e. The third-order valence-electron chi connectivity index (χ3n) is 7.16. The van der Waals surface area contributed by atoms with Crippen molar-refractivity contribution >= 4 is 39.9 Å². The van der Waals surface area contributed by atoms with Gasteiger partial charge in [0.1, 0.15) is 28.9 Å². The number of nitrogens with zero attached hydrogens (tertiary/aromatic N) is 3. The number of aromatic nitrogens is 2. The number of aryl methyl sites for hydroxylation is 1. The minimum atomic E-state index is -0.546. The number of carbonyl (C=O) groups excluding carboxylic acids is 2. The second-order valence-corrected chi connectivity index (χ2v) is 10.5. The SMILES string of the molecule is CC(=O)Cc1ccc(NC(=O)Nc2ccc(-c3nc(N4CCOCC4)c4ccc(-c5ccc(C)o5)cc4n3)cc2)cc1F. The first-order chi connectivity index (χ1) is 20.8. The monoisotopic (exact) mass is 579 g/mol. The summed E-state index contributed by atoms with van der Waals surface area (Å²) >= 11 is 0. The largest absolute Gasteiger partial charge is 0.461 e. The number of urea groups is 1. The van der Waals surface area contributed by atoms with E-state index >= 15 is 0 Å². The van der Waals surface area contributed by atoms with Gasteiger partial charge >= 0.3 is 6.03 Å². The van der Waals surface area contributed by atoms with Gasteiger partial charge in [0.05, 0.1) is 18.7 Å². The molecule has 1 fully saturated rings. The van der Waals surface area contributed by atoms with E-state index in [9.17, 15) is 14.0 Å². The molecule has 0 atom stereocenters. The molecule has 3 heterocycles. The van der Waals surface area contributed by atoms with Crippen LogP contribution in [0.5, 0.6) is 0 Å². The fraction of sp³-hybridized carbons (Fsp3) is 0.212. The number of ether oxygens (including phenoxy) is 1. The van der Waals surface area contributed by atoms with Crippen molar-refractivity contribution < 1.29 is 23.1 Å². The molecule has 5 aromatic rings. The average Bonchev–Trinajstić information content (AvgIpc) is 3.44. The molecule has 0 radical (unpaired) electrons. The van der Waals surface area contributed by atoms with E-state index in [4.69, 9.17) is 19.1 Å². The van der Waals surface area contributed by atoms with Crippen molar-refractivity contribution in [3.05, 3.63) is 89.9 Å². The number of furan rings is 1. The Morgan fingerprint density at radius 3 is 2.30 bits per heavy atom. The Morgan fingerprint density at radius 2 is 1.60 bits per heavy atom. The summed E-state index contributed by atoms with van der Waals surface area (Å²) in [5.74, 6) is 2.32. The van der Waals surface area contributed by atoms with Crippen LogP contribution in [0.4, 0.5) is 26.4 Å². The van der Waals surface area contributed by atoms with E-state index in [1.54, 1.807) is 18.2 Å². The summed E-state index contributed by atoms with van der Waals surface area (Å²) in [6.07, 6.45) is 0.00433. The Kier molecular flexibility index (Phi) is 7.84. The number of anilines is 3. The first-order valence-electron chi connectivity index (χ1n) is 14.0. The van der Waals surface area contributed by atoms with Gasteiger partial charge in [-0.1, -0.05) is 12.1 Å². The second-order valence-electron chi connectivity index (χ2n) is 10.5. The van der Waals surface area contributed by atoms with Crippen LogP contribution >= 0.6 is 0 Å². The number of rotatable bonds is 7. The number of morpholine rings is 1. The van der Waals surface area contributed by atoms with E-state index in [1.165, 1.54) is 19.1 Å². The van der Waals surface area contributed by atoms with Gasteiger partial charge in [0.15, 0.2) is 5.82 Å². The Bertz CT molecular complexity index is 1810. The van der Waals surface area contributed by atoms with E-state index in [1.807, 2.05) is 49.4 Å². The molecule has 43 heavy (non-hydrogen) atoms. The van der Waals surface area contributed by atoms with Crippen LogP contribution in [0.25, 0.3) is 33.6 Å². The standard InChI is InChI=1S/C33H30FN5O4/c1-20(40)17-23-6-10-26(19-28(23)34)36-33(41)35-25-8-4-22(5-9-25)31-37-29-18-24(30-12-3-21(2)43-30)7-11-27(29)32(38-31)39-13-15-42-16-14-39/h3-12,18-19H,13-17H2,1-2H3,(H2,35,36,41). The Morgan fingerprint density at radius 1 is 0.884 bits per heavy atom. The van der Waals surface area contributed by atoms with Gasteiger partial charge in [-0.25, -0.2) is 19.2 Å². The zero-order valence-corrected chi connectivity index (χ0v) is 23.8. The highest BCUT2D eigenvalue weighted by molar-refractivity contribution is 6.00. The van der Waals surface area contributed by atoms with Crippen molar-refractivity contribution in [3.63, 3.8) is 0 Å². The number of fused-ring (bicyclic) bond motifs is 1. The molecule has 3 aromatic carbocycles. The Balaban J connectivity index is 1.24. The third-order valence-corrected chi connectivity index (χ3v) is 7.16. The summed E-state index contributed by atoms with van der Waals surface area (Å²) in [6, 6.07) is 20.9. The fourth-order valence-corrected chi connectivity index (χ4v) is 5.03. The molecule has 1 saturated heterocycles. The molecule has 2 N–H and O–H groups in total. The molecule has 218 valence electrons. The molecule has 0 aliphatic carbocycles. The molecule has 1 aliphatic rings. The van der Waals surface area contributed by atoms with E-state index in [0.717, 1.165) is 52.5 Å². The number of amides is 2. The molecule has 2 amide bonds. The van der Waals surface area contributed by atoms with Crippen LogP contribution in [0.2, 0.25) is 0 Å². The van der Waals surface area contributed by atoms with E-state index in [2.05, 4.69) is 15.5 Å². The van der Waals surface area contributed by atoms with Crippen molar-refractivity contribution in [2.75, 3.05) is 41.8 Å². The first kappa shape index (κ1) is 28.0. The van der Waals surface area contributed by atoms with Crippen LogP contribution in [0, 0.1) is 12.7 Å². The van der Waals surface area contributed by atoms with Gasteiger partial charge in [0.2, 0.25) is 0 Å². The number of carbonyl (C=O) groups is 2. The van der Waals surface area contributed by atoms with Gasteiger partial charge in [-0.15, -0.1) is 0 Å². The summed E-state index contributed by atoms with van der Waals surface area (Å²) in [5, 5.41) is 6.32. The van der Waals surface area contributed by atoms with Crippen molar-refractivity contribution in [2.45, 2.75) is 20.3 Å². The number of Topliss-reactive ketones (excluding diaryl/α,β-unsaturated/α-hetero) is 1. The summed E-state index contributed by atoms with van der Waals surface area (Å²) < 4.78 is 25.7. The number of halogens is 1. The second kappa shape index (κ2) is 12.0. The van der Waals surface area contributed by atoms with Crippen molar-refractivity contribution in [1.82, 2.24) is 9.97 Å². The normalized spacial score (nSPS) is 13.2. The van der Waals surface area contributed by atoms with E-state index < -0.39 is 11.8 Å². The zero-order valence-electron chi connectivity index (χ0n) is 23.8. The maximum absolute atomic E-state index is 14.3. The van der Waals surface area contributed by atoms with Gasteiger partial charge in [0.25, 0.3) is 0 Å². The minimum Gasteiger partial charge on any atom is -0.461 e. The first-order valence-corrected chi connectivity index (χ1v) is 14.0. The minimum absolute atomic E-state index is 0.00433. The summed E-state index contributed by atoms with van der Waals surface area (Å²) in [5.41, 5.74) is 3.61. The predicted octanol–water partition coefficient (Wildman–Crippen LogP) is 6.62.